The first kappa shape index (κ1) is 16.6. The number of rotatable bonds is 5. The third-order valence-electron chi connectivity index (χ3n) is 3.76. The van der Waals surface area contributed by atoms with E-state index in [0.717, 1.165) is 16.0 Å². The molecule has 5 nitrogen and oxygen atoms in total. The second-order valence-corrected chi connectivity index (χ2v) is 7.31. The summed E-state index contributed by atoms with van der Waals surface area (Å²) in [5.41, 5.74) is 2.26. The summed E-state index contributed by atoms with van der Waals surface area (Å²) in [5, 5.41) is 7.04. The van der Waals surface area contributed by atoms with Crippen LogP contribution in [0.15, 0.2) is 65.2 Å². The van der Waals surface area contributed by atoms with Crippen molar-refractivity contribution in [1.29, 1.82) is 0 Å². The van der Waals surface area contributed by atoms with E-state index < -0.39 is 0 Å². The number of benzene rings is 2. The van der Waals surface area contributed by atoms with Gasteiger partial charge in [-0.3, -0.25) is 4.79 Å². The Morgan fingerprint density at radius 2 is 1.96 bits per heavy atom. The quantitative estimate of drug-likeness (QED) is 0.483. The molecule has 0 bridgehead atoms. The van der Waals surface area contributed by atoms with Crippen molar-refractivity contribution in [2.24, 2.45) is 0 Å². The van der Waals surface area contributed by atoms with E-state index in [0.29, 0.717) is 22.3 Å². The van der Waals surface area contributed by atoms with E-state index in [1.165, 1.54) is 11.3 Å². The number of fused-ring (bicyclic) bond motifs is 1. The molecule has 4 rings (SSSR count). The third kappa shape index (κ3) is 3.71. The molecule has 1 amide bonds. The van der Waals surface area contributed by atoms with E-state index in [1.807, 2.05) is 48.5 Å². The highest BCUT2D eigenvalue weighted by atomic mass is 35.5. The lowest BCUT2D eigenvalue weighted by atomic mass is 10.2. The molecule has 2 heterocycles. The van der Waals surface area contributed by atoms with Crippen LogP contribution in [-0.2, 0) is 6.54 Å². The van der Waals surface area contributed by atoms with Crippen LogP contribution in [0.5, 0.6) is 0 Å². The minimum absolute atomic E-state index is 0.281. The standard InChI is InChI=1S/C19H14ClN3O2S/c20-19-22-11-15(26-19)10-21-13-5-3-6-14(9-13)23-18(24)17-8-12-4-1-2-7-16(12)25-17/h1-9,11,21H,10H2,(H,23,24). The van der Waals surface area contributed by atoms with Crippen LogP contribution in [0.4, 0.5) is 11.4 Å². The minimum atomic E-state index is -0.285. The van der Waals surface area contributed by atoms with Crippen molar-refractivity contribution in [2.75, 3.05) is 10.6 Å². The van der Waals surface area contributed by atoms with Gasteiger partial charge in [-0.2, -0.15) is 0 Å². The van der Waals surface area contributed by atoms with Crippen molar-refractivity contribution in [1.82, 2.24) is 4.98 Å². The van der Waals surface area contributed by atoms with Crippen LogP contribution in [0.25, 0.3) is 11.0 Å². The normalized spacial score (nSPS) is 10.8. The van der Waals surface area contributed by atoms with Crippen LogP contribution in [0.2, 0.25) is 4.47 Å². The summed E-state index contributed by atoms with van der Waals surface area (Å²) in [5.74, 6) is -0.00328. The molecule has 26 heavy (non-hydrogen) atoms. The first-order valence-corrected chi connectivity index (χ1v) is 9.11. The molecule has 130 valence electrons. The first-order chi connectivity index (χ1) is 12.7. The van der Waals surface area contributed by atoms with E-state index in [1.54, 1.807) is 12.3 Å². The number of furan rings is 1. The van der Waals surface area contributed by atoms with Crippen LogP contribution in [0.3, 0.4) is 0 Å². The number of hydrogen-bond acceptors (Lipinski definition) is 5. The maximum Gasteiger partial charge on any atom is 0.291 e. The molecule has 0 spiro atoms. The molecule has 0 fully saturated rings. The lowest BCUT2D eigenvalue weighted by Gasteiger charge is -2.08. The van der Waals surface area contributed by atoms with Gasteiger partial charge in [0.1, 0.15) is 5.58 Å². The number of halogens is 1. The zero-order chi connectivity index (χ0) is 17.9. The van der Waals surface area contributed by atoms with Gasteiger partial charge in [0.25, 0.3) is 5.91 Å². The second-order valence-electron chi connectivity index (χ2n) is 5.62. The summed E-state index contributed by atoms with van der Waals surface area (Å²) in [6.45, 7) is 0.616. The van der Waals surface area contributed by atoms with Crippen LogP contribution >= 0.6 is 22.9 Å². The van der Waals surface area contributed by atoms with Gasteiger partial charge in [0, 0.05) is 27.8 Å². The van der Waals surface area contributed by atoms with Gasteiger partial charge in [0.15, 0.2) is 10.2 Å². The fraction of sp³-hybridized carbons (Fsp3) is 0.0526. The van der Waals surface area contributed by atoms with Crippen molar-refractivity contribution in [3.05, 3.63) is 75.9 Å². The Morgan fingerprint density at radius 1 is 1.12 bits per heavy atom. The Labute approximate surface area is 158 Å². The average molecular weight is 384 g/mol. The molecular weight excluding hydrogens is 370 g/mol. The van der Waals surface area contributed by atoms with Crippen molar-refractivity contribution in [3.63, 3.8) is 0 Å². The van der Waals surface area contributed by atoms with Gasteiger partial charge in [-0.25, -0.2) is 4.98 Å². The summed E-state index contributed by atoms with van der Waals surface area (Å²) >= 11 is 7.27. The predicted octanol–water partition coefficient (Wildman–Crippen LogP) is 5.41. The summed E-state index contributed by atoms with van der Waals surface area (Å²) in [4.78, 5) is 17.5. The largest absolute Gasteiger partial charge is 0.451 e. The fourth-order valence-electron chi connectivity index (χ4n) is 2.55. The number of carbonyl (C=O) groups is 1. The number of nitrogens with one attached hydrogen (secondary N) is 2. The molecule has 2 aromatic heterocycles. The summed E-state index contributed by atoms with van der Waals surface area (Å²) in [7, 11) is 0. The van der Waals surface area contributed by atoms with Crippen LogP contribution in [-0.4, -0.2) is 10.9 Å². The van der Waals surface area contributed by atoms with Gasteiger partial charge in [0.05, 0.1) is 6.54 Å². The van der Waals surface area contributed by atoms with Gasteiger partial charge in [-0.15, -0.1) is 11.3 Å². The Bertz CT molecular complexity index is 1040. The van der Waals surface area contributed by atoms with E-state index >= 15 is 0 Å². The highest BCUT2D eigenvalue weighted by molar-refractivity contribution is 7.15. The zero-order valence-electron chi connectivity index (χ0n) is 13.5. The average Bonchev–Trinajstić information content (AvgIpc) is 3.26. The highest BCUT2D eigenvalue weighted by Crippen LogP contribution is 2.22. The molecule has 0 aliphatic heterocycles. The molecule has 0 saturated heterocycles. The number of para-hydroxylation sites is 1. The van der Waals surface area contributed by atoms with Crippen molar-refractivity contribution in [2.45, 2.75) is 6.54 Å². The summed E-state index contributed by atoms with van der Waals surface area (Å²) in [6, 6.07) is 16.8. The summed E-state index contributed by atoms with van der Waals surface area (Å²) in [6.07, 6.45) is 1.74. The molecule has 0 aliphatic carbocycles. The molecule has 0 unspecified atom stereocenters. The van der Waals surface area contributed by atoms with Gasteiger partial charge < -0.3 is 15.1 Å². The molecule has 0 radical (unpaired) electrons. The Hall–Kier alpha value is -2.83. The number of thiazole rings is 1. The Kier molecular flexibility index (Phi) is 4.60. The Morgan fingerprint density at radius 3 is 2.77 bits per heavy atom. The highest BCUT2D eigenvalue weighted by Gasteiger charge is 2.12. The number of hydrogen-bond donors (Lipinski definition) is 2. The Balaban J connectivity index is 1.45. The van der Waals surface area contributed by atoms with E-state index in [-0.39, 0.29) is 11.7 Å². The molecule has 4 aromatic rings. The smallest absolute Gasteiger partial charge is 0.291 e. The number of amides is 1. The lowest BCUT2D eigenvalue weighted by Crippen LogP contribution is -2.11. The van der Waals surface area contributed by atoms with Gasteiger partial charge in [-0.1, -0.05) is 35.9 Å². The topological polar surface area (TPSA) is 67.2 Å². The maximum atomic E-state index is 12.4. The van der Waals surface area contributed by atoms with Crippen molar-refractivity contribution < 1.29 is 9.21 Å². The minimum Gasteiger partial charge on any atom is -0.451 e. The first-order valence-electron chi connectivity index (χ1n) is 7.91. The molecular formula is C19H14ClN3O2S. The molecule has 7 heteroatoms. The summed E-state index contributed by atoms with van der Waals surface area (Å²) < 4.78 is 6.12. The fourth-order valence-corrected chi connectivity index (χ4v) is 3.47. The van der Waals surface area contributed by atoms with E-state index in [4.69, 9.17) is 16.0 Å². The van der Waals surface area contributed by atoms with Crippen LogP contribution in [0, 0.1) is 0 Å². The number of aromatic nitrogens is 1. The SMILES string of the molecule is O=C(Nc1cccc(NCc2cnc(Cl)s2)c1)c1cc2ccccc2o1. The third-order valence-corrected chi connectivity index (χ3v) is 4.88. The van der Waals surface area contributed by atoms with Gasteiger partial charge in [-0.05, 0) is 30.3 Å². The van der Waals surface area contributed by atoms with E-state index in [9.17, 15) is 4.79 Å². The monoisotopic (exact) mass is 383 g/mol. The maximum absolute atomic E-state index is 12.4. The lowest BCUT2D eigenvalue weighted by molar-refractivity contribution is 0.0998. The number of anilines is 2. The van der Waals surface area contributed by atoms with Crippen LogP contribution < -0.4 is 10.6 Å². The van der Waals surface area contributed by atoms with Crippen molar-refractivity contribution >= 4 is 51.2 Å². The number of carbonyl (C=O) groups excluding carboxylic acids is 1. The van der Waals surface area contributed by atoms with Crippen LogP contribution in [0.1, 0.15) is 15.4 Å². The van der Waals surface area contributed by atoms with Crippen molar-refractivity contribution in [3.8, 4) is 0 Å². The predicted molar refractivity (Wildman–Crippen MR) is 105 cm³/mol. The molecule has 2 aromatic carbocycles. The van der Waals surface area contributed by atoms with E-state index in [2.05, 4.69) is 15.6 Å². The molecule has 0 aliphatic rings. The second kappa shape index (κ2) is 7.19. The molecule has 0 atom stereocenters. The van der Waals surface area contributed by atoms with Gasteiger partial charge in [0.2, 0.25) is 0 Å². The number of nitrogens with zero attached hydrogens (tertiary/aromatic N) is 1. The zero-order valence-corrected chi connectivity index (χ0v) is 15.1. The van der Waals surface area contributed by atoms with Gasteiger partial charge >= 0.3 is 0 Å². The molecule has 2 N–H and O–H groups in total. The molecule has 0 saturated carbocycles.